The standard InChI is InChI=1S/C21H25FN2O/c1-2-3-9-25-18-6-4-5-15(11-18)10-16(13-23)20-14-24-21-8-7-17(22)12-19(20)21/h4-8,11-12,14,16,24H,2-3,9-10,13,23H2,1H3. The van der Waals surface area contributed by atoms with E-state index in [0.29, 0.717) is 6.54 Å². The summed E-state index contributed by atoms with van der Waals surface area (Å²) in [7, 11) is 0. The lowest BCUT2D eigenvalue weighted by Crippen LogP contribution is -2.15. The molecular weight excluding hydrogens is 315 g/mol. The van der Waals surface area contributed by atoms with Gasteiger partial charge in [0.1, 0.15) is 11.6 Å². The van der Waals surface area contributed by atoms with Crippen molar-refractivity contribution in [3.8, 4) is 5.75 Å². The lowest BCUT2D eigenvalue weighted by molar-refractivity contribution is 0.309. The highest BCUT2D eigenvalue weighted by molar-refractivity contribution is 5.83. The topological polar surface area (TPSA) is 51.0 Å². The van der Waals surface area contributed by atoms with Gasteiger partial charge in [-0.05, 0) is 60.8 Å². The van der Waals surface area contributed by atoms with E-state index < -0.39 is 0 Å². The number of halogens is 1. The van der Waals surface area contributed by atoms with E-state index in [1.54, 1.807) is 12.1 Å². The smallest absolute Gasteiger partial charge is 0.123 e. The normalized spacial score (nSPS) is 12.4. The molecular formula is C21H25FN2O. The van der Waals surface area contributed by atoms with Crippen LogP contribution in [0.5, 0.6) is 5.75 Å². The molecule has 1 heterocycles. The Morgan fingerprint density at radius 3 is 2.88 bits per heavy atom. The number of benzene rings is 2. The Morgan fingerprint density at radius 2 is 2.08 bits per heavy atom. The van der Waals surface area contributed by atoms with Gasteiger partial charge in [-0.25, -0.2) is 4.39 Å². The fraction of sp³-hybridized carbons (Fsp3) is 0.333. The number of rotatable bonds is 8. The summed E-state index contributed by atoms with van der Waals surface area (Å²) in [5, 5.41) is 0.908. The first-order valence-corrected chi connectivity index (χ1v) is 8.89. The van der Waals surface area contributed by atoms with Crippen molar-refractivity contribution in [1.82, 2.24) is 4.98 Å². The zero-order valence-electron chi connectivity index (χ0n) is 14.6. The van der Waals surface area contributed by atoms with Crippen molar-refractivity contribution in [3.05, 3.63) is 65.6 Å². The third-order valence-electron chi connectivity index (χ3n) is 4.55. The number of fused-ring (bicyclic) bond motifs is 1. The minimum Gasteiger partial charge on any atom is -0.494 e. The maximum atomic E-state index is 13.6. The van der Waals surface area contributed by atoms with Crippen molar-refractivity contribution in [1.29, 1.82) is 0 Å². The molecule has 0 fully saturated rings. The van der Waals surface area contributed by atoms with Crippen LogP contribution in [0.2, 0.25) is 0 Å². The molecule has 0 aliphatic heterocycles. The van der Waals surface area contributed by atoms with Crippen molar-refractivity contribution in [2.75, 3.05) is 13.2 Å². The van der Waals surface area contributed by atoms with E-state index in [1.807, 2.05) is 18.3 Å². The third kappa shape index (κ3) is 4.20. The van der Waals surface area contributed by atoms with Crippen molar-refractivity contribution in [3.63, 3.8) is 0 Å². The average molecular weight is 340 g/mol. The number of aromatic nitrogens is 1. The maximum absolute atomic E-state index is 13.6. The Kier molecular flexibility index (Phi) is 5.71. The van der Waals surface area contributed by atoms with E-state index in [1.165, 1.54) is 11.6 Å². The molecule has 0 saturated heterocycles. The Morgan fingerprint density at radius 1 is 1.20 bits per heavy atom. The van der Waals surface area contributed by atoms with Gasteiger partial charge in [0.2, 0.25) is 0 Å². The van der Waals surface area contributed by atoms with Crippen LogP contribution in [0.25, 0.3) is 10.9 Å². The zero-order chi connectivity index (χ0) is 17.6. The fourth-order valence-electron chi connectivity index (χ4n) is 3.15. The Hall–Kier alpha value is -2.33. The molecule has 1 atom stereocenters. The second kappa shape index (κ2) is 8.17. The molecule has 0 radical (unpaired) electrons. The molecule has 25 heavy (non-hydrogen) atoms. The molecule has 0 amide bonds. The van der Waals surface area contributed by atoms with Crippen LogP contribution in [0.3, 0.4) is 0 Å². The molecule has 0 aliphatic rings. The summed E-state index contributed by atoms with van der Waals surface area (Å²) in [6.07, 6.45) is 4.91. The molecule has 1 aromatic heterocycles. The van der Waals surface area contributed by atoms with Gasteiger partial charge in [-0.3, -0.25) is 0 Å². The molecule has 0 aliphatic carbocycles. The number of unbranched alkanes of at least 4 members (excludes halogenated alkanes) is 1. The van der Waals surface area contributed by atoms with E-state index in [4.69, 9.17) is 10.5 Å². The molecule has 1 unspecified atom stereocenters. The summed E-state index contributed by atoms with van der Waals surface area (Å²) < 4.78 is 19.4. The van der Waals surface area contributed by atoms with Gasteiger partial charge in [0, 0.05) is 23.0 Å². The molecule has 3 nitrogen and oxygen atoms in total. The minimum atomic E-state index is -0.226. The second-order valence-electron chi connectivity index (χ2n) is 6.42. The Balaban J connectivity index is 1.80. The van der Waals surface area contributed by atoms with Gasteiger partial charge in [0.15, 0.2) is 0 Å². The SMILES string of the molecule is CCCCOc1cccc(CC(CN)c2c[nH]c3ccc(F)cc23)c1. The second-order valence-corrected chi connectivity index (χ2v) is 6.42. The molecule has 0 bridgehead atoms. The number of nitrogens with two attached hydrogens (primary N) is 1. The summed E-state index contributed by atoms with van der Waals surface area (Å²) in [6.45, 7) is 3.39. The number of H-pyrrole nitrogens is 1. The van der Waals surface area contributed by atoms with E-state index in [-0.39, 0.29) is 11.7 Å². The number of hydrogen-bond donors (Lipinski definition) is 2. The fourth-order valence-corrected chi connectivity index (χ4v) is 3.15. The molecule has 3 N–H and O–H groups in total. The predicted molar refractivity (Wildman–Crippen MR) is 101 cm³/mol. The quantitative estimate of drug-likeness (QED) is 0.580. The van der Waals surface area contributed by atoms with Crippen LogP contribution in [-0.4, -0.2) is 18.1 Å². The van der Waals surface area contributed by atoms with Crippen molar-refractivity contribution in [2.24, 2.45) is 5.73 Å². The van der Waals surface area contributed by atoms with Gasteiger partial charge in [-0.1, -0.05) is 25.5 Å². The van der Waals surface area contributed by atoms with Gasteiger partial charge < -0.3 is 15.5 Å². The molecule has 3 aromatic rings. The van der Waals surface area contributed by atoms with Crippen LogP contribution in [0.15, 0.2) is 48.7 Å². The monoisotopic (exact) mass is 340 g/mol. The van der Waals surface area contributed by atoms with Gasteiger partial charge >= 0.3 is 0 Å². The summed E-state index contributed by atoms with van der Waals surface area (Å²) in [5.74, 6) is 0.795. The van der Waals surface area contributed by atoms with Crippen LogP contribution in [0, 0.1) is 5.82 Å². The van der Waals surface area contributed by atoms with E-state index >= 15 is 0 Å². The van der Waals surface area contributed by atoms with Crippen molar-refractivity contribution in [2.45, 2.75) is 32.1 Å². The average Bonchev–Trinajstić information content (AvgIpc) is 3.03. The summed E-state index contributed by atoms with van der Waals surface area (Å²) >= 11 is 0. The van der Waals surface area contributed by atoms with Crippen LogP contribution < -0.4 is 10.5 Å². The maximum Gasteiger partial charge on any atom is 0.123 e. The highest BCUT2D eigenvalue weighted by atomic mass is 19.1. The highest BCUT2D eigenvalue weighted by Crippen LogP contribution is 2.29. The molecule has 0 saturated carbocycles. The van der Waals surface area contributed by atoms with E-state index in [9.17, 15) is 4.39 Å². The first-order valence-electron chi connectivity index (χ1n) is 8.89. The highest BCUT2D eigenvalue weighted by Gasteiger charge is 2.16. The minimum absolute atomic E-state index is 0.126. The summed E-state index contributed by atoms with van der Waals surface area (Å²) in [6, 6.07) is 13.0. The predicted octanol–water partition coefficient (Wildman–Crippen LogP) is 4.77. The summed E-state index contributed by atoms with van der Waals surface area (Å²) in [5.41, 5.74) is 9.22. The molecule has 0 spiro atoms. The Bertz CT molecular complexity index is 828. The first kappa shape index (κ1) is 17.5. The number of hydrogen-bond acceptors (Lipinski definition) is 2. The van der Waals surface area contributed by atoms with Crippen LogP contribution in [-0.2, 0) is 6.42 Å². The first-order chi connectivity index (χ1) is 12.2. The zero-order valence-corrected chi connectivity index (χ0v) is 14.6. The van der Waals surface area contributed by atoms with Gasteiger partial charge in [0.05, 0.1) is 6.61 Å². The van der Waals surface area contributed by atoms with E-state index in [2.05, 4.69) is 24.0 Å². The number of aromatic amines is 1. The Labute approximate surface area is 148 Å². The van der Waals surface area contributed by atoms with Gasteiger partial charge in [-0.15, -0.1) is 0 Å². The lowest BCUT2D eigenvalue weighted by Gasteiger charge is -2.15. The van der Waals surface area contributed by atoms with Gasteiger partial charge in [0.25, 0.3) is 0 Å². The van der Waals surface area contributed by atoms with E-state index in [0.717, 1.165) is 48.1 Å². The van der Waals surface area contributed by atoms with Crippen LogP contribution in [0.4, 0.5) is 4.39 Å². The van der Waals surface area contributed by atoms with Crippen LogP contribution >= 0.6 is 0 Å². The molecule has 4 heteroatoms. The molecule has 132 valence electrons. The lowest BCUT2D eigenvalue weighted by atomic mass is 9.91. The van der Waals surface area contributed by atoms with Crippen molar-refractivity contribution < 1.29 is 9.13 Å². The third-order valence-corrected chi connectivity index (χ3v) is 4.55. The van der Waals surface area contributed by atoms with Crippen LogP contribution in [0.1, 0.15) is 36.8 Å². The number of ether oxygens (including phenoxy) is 1. The largest absolute Gasteiger partial charge is 0.494 e. The number of nitrogens with one attached hydrogen (secondary N) is 1. The molecule has 3 rings (SSSR count). The van der Waals surface area contributed by atoms with Crippen molar-refractivity contribution >= 4 is 10.9 Å². The summed E-state index contributed by atoms with van der Waals surface area (Å²) in [4.78, 5) is 3.21. The molecule has 2 aromatic carbocycles. The van der Waals surface area contributed by atoms with Gasteiger partial charge in [-0.2, -0.15) is 0 Å².